The topological polar surface area (TPSA) is 93.2 Å². The molecule has 0 atom stereocenters. The van der Waals surface area contributed by atoms with Crippen molar-refractivity contribution in [2.75, 3.05) is 0 Å². The van der Waals surface area contributed by atoms with Crippen LogP contribution in [0, 0.1) is 13.8 Å². The number of aliphatic hydroxyl groups is 1. The zero-order valence-electron chi connectivity index (χ0n) is 16.1. The van der Waals surface area contributed by atoms with Crippen LogP contribution < -0.4 is 5.32 Å². The Morgan fingerprint density at radius 3 is 2.79 bits per heavy atom. The summed E-state index contributed by atoms with van der Waals surface area (Å²) in [6.45, 7) is 3.85. The minimum absolute atomic E-state index is 0.0822. The molecule has 146 valence electrons. The summed E-state index contributed by atoms with van der Waals surface area (Å²) in [5, 5.41) is 22.0. The maximum absolute atomic E-state index is 12.7. The Balaban J connectivity index is 1.27. The van der Waals surface area contributed by atoms with E-state index < -0.39 is 0 Å². The van der Waals surface area contributed by atoms with Crippen LogP contribution in [0.15, 0.2) is 22.6 Å². The molecule has 2 aliphatic carbocycles. The molecule has 0 unspecified atom stereocenters. The zero-order chi connectivity index (χ0) is 19.4. The predicted molar refractivity (Wildman–Crippen MR) is 103 cm³/mol. The van der Waals surface area contributed by atoms with E-state index in [0.29, 0.717) is 17.6 Å². The molecule has 1 aromatic carbocycles. The lowest BCUT2D eigenvalue weighted by Gasteiger charge is -2.35. The van der Waals surface area contributed by atoms with Gasteiger partial charge in [-0.1, -0.05) is 12.1 Å². The van der Waals surface area contributed by atoms with Gasteiger partial charge in [-0.2, -0.15) is 0 Å². The molecular formula is C21H24N4O3. The van der Waals surface area contributed by atoms with Gasteiger partial charge in [0.1, 0.15) is 18.0 Å². The molecule has 28 heavy (non-hydrogen) atoms. The Kier molecular flexibility index (Phi) is 4.01. The lowest BCUT2D eigenvalue weighted by atomic mass is 9.79. The number of fused-ring (bicyclic) bond motifs is 1. The average molecular weight is 380 g/mol. The minimum Gasteiger partial charge on any atom is -0.451 e. The third kappa shape index (κ3) is 2.81. The Morgan fingerprint density at radius 2 is 2.07 bits per heavy atom. The molecule has 0 bridgehead atoms. The van der Waals surface area contributed by atoms with E-state index in [2.05, 4.69) is 20.1 Å². The second-order valence-corrected chi connectivity index (χ2v) is 8.13. The van der Waals surface area contributed by atoms with Crippen LogP contribution in [0.1, 0.15) is 71.0 Å². The fraction of sp³-hybridized carbons (Fsp3) is 0.476. The standard InChI is InChI=1S/C21H24N4O3/c1-11-3-6-16-12(2)19(28-17(16)7-11)21(27)22-14-8-13(9-14)20-24-23-18(10-26)25(20)15-4-5-15/h3,6-7,13-15,26H,4-5,8-10H2,1-2H3,(H,22,27). The molecule has 1 amide bonds. The summed E-state index contributed by atoms with van der Waals surface area (Å²) in [6, 6.07) is 6.53. The van der Waals surface area contributed by atoms with Gasteiger partial charge in [0, 0.05) is 29.0 Å². The Labute approximate surface area is 162 Å². The average Bonchev–Trinajstić information content (AvgIpc) is 3.32. The van der Waals surface area contributed by atoms with Crippen molar-refractivity contribution in [3.05, 3.63) is 46.7 Å². The number of aliphatic hydroxyl groups excluding tert-OH is 1. The van der Waals surface area contributed by atoms with Crippen molar-refractivity contribution in [2.24, 2.45) is 0 Å². The van der Waals surface area contributed by atoms with Crippen LogP contribution in [0.4, 0.5) is 0 Å². The lowest BCUT2D eigenvalue weighted by Crippen LogP contribution is -2.44. The maximum atomic E-state index is 12.7. The van der Waals surface area contributed by atoms with E-state index in [0.717, 1.165) is 53.6 Å². The number of carbonyl (C=O) groups excluding carboxylic acids is 1. The number of aryl methyl sites for hydroxylation is 2. The molecule has 7 nitrogen and oxygen atoms in total. The number of nitrogens with one attached hydrogen (secondary N) is 1. The number of hydrogen-bond donors (Lipinski definition) is 2. The van der Waals surface area contributed by atoms with E-state index in [1.807, 2.05) is 32.0 Å². The largest absolute Gasteiger partial charge is 0.451 e. The molecule has 0 aliphatic heterocycles. The van der Waals surface area contributed by atoms with E-state index >= 15 is 0 Å². The van der Waals surface area contributed by atoms with Crippen LogP contribution in [0.2, 0.25) is 0 Å². The second kappa shape index (κ2) is 6.44. The highest BCUT2D eigenvalue weighted by Gasteiger charge is 2.39. The van der Waals surface area contributed by atoms with Crippen molar-refractivity contribution >= 4 is 16.9 Å². The van der Waals surface area contributed by atoms with E-state index in [1.54, 1.807) is 0 Å². The summed E-state index contributed by atoms with van der Waals surface area (Å²) in [7, 11) is 0. The second-order valence-electron chi connectivity index (χ2n) is 8.13. The van der Waals surface area contributed by atoms with Gasteiger partial charge in [0.05, 0.1) is 0 Å². The Bertz CT molecular complexity index is 1060. The highest BCUT2D eigenvalue weighted by molar-refractivity contribution is 5.99. The van der Waals surface area contributed by atoms with Gasteiger partial charge in [0.15, 0.2) is 11.6 Å². The summed E-state index contributed by atoms with van der Waals surface area (Å²) >= 11 is 0. The fourth-order valence-electron chi connectivity index (χ4n) is 4.20. The first-order valence-electron chi connectivity index (χ1n) is 9.90. The Morgan fingerprint density at radius 1 is 1.29 bits per heavy atom. The molecule has 2 heterocycles. The number of furan rings is 1. The molecule has 0 spiro atoms. The molecule has 2 aromatic heterocycles. The van der Waals surface area contributed by atoms with Crippen LogP contribution in [-0.4, -0.2) is 31.8 Å². The smallest absolute Gasteiger partial charge is 0.287 e. The van der Waals surface area contributed by atoms with E-state index in [9.17, 15) is 9.90 Å². The van der Waals surface area contributed by atoms with Crippen molar-refractivity contribution in [2.45, 2.75) is 64.1 Å². The van der Waals surface area contributed by atoms with Crippen LogP contribution in [-0.2, 0) is 6.61 Å². The third-order valence-electron chi connectivity index (χ3n) is 5.98. The fourth-order valence-corrected chi connectivity index (χ4v) is 4.20. The number of amides is 1. The lowest BCUT2D eigenvalue weighted by molar-refractivity contribution is 0.0879. The first-order valence-corrected chi connectivity index (χ1v) is 9.90. The van der Waals surface area contributed by atoms with Gasteiger partial charge in [0.2, 0.25) is 0 Å². The summed E-state index contributed by atoms with van der Waals surface area (Å²) in [6.07, 6.45) is 3.91. The minimum atomic E-state index is -0.158. The summed E-state index contributed by atoms with van der Waals surface area (Å²) < 4.78 is 7.94. The number of rotatable bonds is 5. The van der Waals surface area contributed by atoms with Crippen LogP contribution in [0.25, 0.3) is 11.0 Å². The maximum Gasteiger partial charge on any atom is 0.287 e. The van der Waals surface area contributed by atoms with E-state index in [4.69, 9.17) is 4.42 Å². The number of benzene rings is 1. The first kappa shape index (κ1) is 17.4. The van der Waals surface area contributed by atoms with Crippen molar-refractivity contribution in [3.8, 4) is 0 Å². The van der Waals surface area contributed by atoms with Gasteiger partial charge in [0.25, 0.3) is 5.91 Å². The third-order valence-corrected chi connectivity index (χ3v) is 5.98. The highest BCUT2D eigenvalue weighted by Crippen LogP contribution is 2.43. The van der Waals surface area contributed by atoms with Crippen molar-refractivity contribution < 1.29 is 14.3 Å². The van der Waals surface area contributed by atoms with Gasteiger partial charge in [-0.3, -0.25) is 4.79 Å². The molecular weight excluding hydrogens is 356 g/mol. The molecule has 3 aromatic rings. The van der Waals surface area contributed by atoms with Gasteiger partial charge in [-0.05, 0) is 51.2 Å². The van der Waals surface area contributed by atoms with Crippen LogP contribution in [0.5, 0.6) is 0 Å². The van der Waals surface area contributed by atoms with Gasteiger partial charge in [-0.25, -0.2) is 0 Å². The van der Waals surface area contributed by atoms with Crippen LogP contribution in [0.3, 0.4) is 0 Å². The molecule has 7 heteroatoms. The zero-order valence-corrected chi connectivity index (χ0v) is 16.1. The monoisotopic (exact) mass is 380 g/mol. The molecule has 0 saturated heterocycles. The van der Waals surface area contributed by atoms with E-state index in [-0.39, 0.29) is 24.5 Å². The van der Waals surface area contributed by atoms with Gasteiger partial charge >= 0.3 is 0 Å². The number of carbonyl (C=O) groups is 1. The first-order chi connectivity index (χ1) is 13.5. The van der Waals surface area contributed by atoms with Crippen molar-refractivity contribution in [1.29, 1.82) is 0 Å². The normalized spacial score (nSPS) is 21.7. The number of aromatic nitrogens is 3. The molecule has 2 N–H and O–H groups in total. The van der Waals surface area contributed by atoms with Gasteiger partial charge in [-0.15, -0.1) is 10.2 Å². The van der Waals surface area contributed by atoms with Crippen molar-refractivity contribution in [3.63, 3.8) is 0 Å². The Hall–Kier alpha value is -2.67. The van der Waals surface area contributed by atoms with Crippen molar-refractivity contribution in [1.82, 2.24) is 20.1 Å². The molecule has 0 radical (unpaired) electrons. The summed E-state index contributed by atoms with van der Waals surface area (Å²) in [5.74, 6) is 2.12. The molecule has 5 rings (SSSR count). The quantitative estimate of drug-likeness (QED) is 0.709. The molecule has 2 saturated carbocycles. The highest BCUT2D eigenvalue weighted by atomic mass is 16.3. The molecule has 2 fully saturated rings. The number of nitrogens with zero attached hydrogens (tertiary/aromatic N) is 3. The molecule has 2 aliphatic rings. The summed E-state index contributed by atoms with van der Waals surface area (Å²) in [5.41, 5.74) is 2.74. The number of hydrogen-bond acceptors (Lipinski definition) is 5. The van der Waals surface area contributed by atoms with E-state index in [1.165, 1.54) is 0 Å². The predicted octanol–water partition coefficient (Wildman–Crippen LogP) is 3.14. The van der Waals surface area contributed by atoms with Crippen LogP contribution >= 0.6 is 0 Å². The van der Waals surface area contributed by atoms with Gasteiger partial charge < -0.3 is 19.4 Å². The summed E-state index contributed by atoms with van der Waals surface area (Å²) in [4.78, 5) is 12.7. The SMILES string of the molecule is Cc1ccc2c(C)c(C(=O)NC3CC(c4nnc(CO)n4C4CC4)C3)oc2c1.